The zero-order valence-corrected chi connectivity index (χ0v) is 12.0. The van der Waals surface area contributed by atoms with Crippen LogP contribution in [-0.2, 0) is 4.79 Å². The van der Waals surface area contributed by atoms with Gasteiger partial charge >= 0.3 is 12.0 Å². The third-order valence-electron chi connectivity index (χ3n) is 3.11. The van der Waals surface area contributed by atoms with Crippen molar-refractivity contribution in [1.29, 1.82) is 0 Å². The lowest BCUT2D eigenvalue weighted by atomic mass is 10.2. The van der Waals surface area contributed by atoms with Crippen molar-refractivity contribution in [2.75, 3.05) is 19.6 Å². The molecule has 0 aliphatic heterocycles. The minimum atomic E-state index is -0.963. The van der Waals surface area contributed by atoms with E-state index in [0.717, 1.165) is 19.3 Å². The quantitative estimate of drug-likeness (QED) is 0.727. The van der Waals surface area contributed by atoms with Crippen LogP contribution in [0.1, 0.15) is 47.0 Å². The van der Waals surface area contributed by atoms with E-state index >= 15 is 0 Å². The average molecular weight is 258 g/mol. The Kier molecular flexibility index (Phi) is 8.16. The molecule has 0 fully saturated rings. The molecule has 1 atom stereocenters. The Bertz CT molecular complexity index is 269. The van der Waals surface area contributed by atoms with E-state index in [1.807, 2.05) is 20.8 Å². The molecule has 2 amide bonds. The van der Waals surface area contributed by atoms with Gasteiger partial charge in [0.25, 0.3) is 0 Å². The first-order valence-electron chi connectivity index (χ1n) is 6.75. The normalized spacial score (nSPS) is 12.0. The highest BCUT2D eigenvalue weighted by atomic mass is 16.4. The number of rotatable bonds is 8. The second-order valence-electron chi connectivity index (χ2n) is 4.49. The number of hydrogen-bond acceptors (Lipinski definition) is 2. The molecular formula is C13H26N2O3. The fourth-order valence-corrected chi connectivity index (χ4v) is 1.70. The van der Waals surface area contributed by atoms with Gasteiger partial charge in [-0.25, -0.2) is 4.79 Å². The summed E-state index contributed by atoms with van der Waals surface area (Å²) in [5.41, 5.74) is 0. The minimum Gasteiger partial charge on any atom is -0.480 e. The van der Waals surface area contributed by atoms with E-state index in [4.69, 9.17) is 5.11 Å². The predicted octanol–water partition coefficient (Wildman–Crippen LogP) is 2.41. The lowest BCUT2D eigenvalue weighted by molar-refractivity contribution is -0.138. The van der Waals surface area contributed by atoms with Crippen molar-refractivity contribution in [3.05, 3.63) is 0 Å². The number of carboxylic acid groups (broad SMARTS) is 1. The van der Waals surface area contributed by atoms with Gasteiger partial charge in [-0.2, -0.15) is 0 Å². The topological polar surface area (TPSA) is 60.9 Å². The fraction of sp³-hybridized carbons (Fsp3) is 0.846. The van der Waals surface area contributed by atoms with Crippen LogP contribution in [0.4, 0.5) is 4.79 Å². The summed E-state index contributed by atoms with van der Waals surface area (Å²) in [5.74, 6) is -0.963. The van der Waals surface area contributed by atoms with E-state index in [9.17, 15) is 9.59 Å². The number of carbonyl (C=O) groups is 2. The van der Waals surface area contributed by atoms with Crippen molar-refractivity contribution >= 4 is 12.0 Å². The Morgan fingerprint density at radius 1 is 1.22 bits per heavy atom. The van der Waals surface area contributed by atoms with Crippen molar-refractivity contribution < 1.29 is 14.7 Å². The number of carboxylic acids is 1. The summed E-state index contributed by atoms with van der Waals surface area (Å²) in [5, 5.41) is 8.90. The van der Waals surface area contributed by atoms with E-state index in [1.54, 1.807) is 4.90 Å². The zero-order valence-electron chi connectivity index (χ0n) is 12.0. The standard InChI is InChI=1S/C13H26N2O3/c1-5-8-9-14(7-3)13(18)15(10-12(16)17)11(4)6-2/h11H,5-10H2,1-4H3,(H,16,17). The summed E-state index contributed by atoms with van der Waals surface area (Å²) in [4.78, 5) is 26.3. The molecule has 0 bridgehead atoms. The first-order chi connectivity index (χ1) is 8.47. The second-order valence-corrected chi connectivity index (χ2v) is 4.49. The molecule has 0 radical (unpaired) electrons. The molecule has 106 valence electrons. The lowest BCUT2D eigenvalue weighted by Gasteiger charge is -2.32. The molecule has 0 saturated carbocycles. The van der Waals surface area contributed by atoms with Crippen LogP contribution in [0.2, 0.25) is 0 Å². The van der Waals surface area contributed by atoms with Crippen molar-refractivity contribution in [3.63, 3.8) is 0 Å². The fourth-order valence-electron chi connectivity index (χ4n) is 1.70. The molecule has 18 heavy (non-hydrogen) atoms. The highest BCUT2D eigenvalue weighted by Gasteiger charge is 2.25. The first kappa shape index (κ1) is 16.7. The summed E-state index contributed by atoms with van der Waals surface area (Å²) < 4.78 is 0. The smallest absolute Gasteiger partial charge is 0.323 e. The Labute approximate surface area is 110 Å². The van der Waals surface area contributed by atoms with Gasteiger partial charge in [-0.05, 0) is 26.7 Å². The van der Waals surface area contributed by atoms with Crippen molar-refractivity contribution in [1.82, 2.24) is 9.80 Å². The van der Waals surface area contributed by atoms with E-state index in [0.29, 0.717) is 13.1 Å². The van der Waals surface area contributed by atoms with Gasteiger partial charge in [-0.1, -0.05) is 20.3 Å². The summed E-state index contributed by atoms with van der Waals surface area (Å²) in [7, 11) is 0. The SMILES string of the molecule is CCCCN(CC)C(=O)N(CC(=O)O)C(C)CC. The van der Waals surface area contributed by atoms with E-state index in [1.165, 1.54) is 4.90 Å². The van der Waals surface area contributed by atoms with Gasteiger partial charge in [0.05, 0.1) is 0 Å². The molecule has 0 aliphatic carbocycles. The molecule has 0 aromatic heterocycles. The maximum atomic E-state index is 12.3. The predicted molar refractivity (Wildman–Crippen MR) is 71.6 cm³/mol. The molecule has 0 aromatic carbocycles. The van der Waals surface area contributed by atoms with Crippen molar-refractivity contribution in [3.8, 4) is 0 Å². The van der Waals surface area contributed by atoms with Gasteiger partial charge in [0.15, 0.2) is 0 Å². The number of nitrogens with zero attached hydrogens (tertiary/aromatic N) is 2. The van der Waals surface area contributed by atoms with Gasteiger partial charge in [0, 0.05) is 19.1 Å². The first-order valence-corrected chi connectivity index (χ1v) is 6.75. The van der Waals surface area contributed by atoms with Gasteiger partial charge in [0.2, 0.25) is 0 Å². The maximum Gasteiger partial charge on any atom is 0.323 e. The van der Waals surface area contributed by atoms with Gasteiger partial charge in [0.1, 0.15) is 6.54 Å². The highest BCUT2D eigenvalue weighted by molar-refractivity contribution is 5.80. The Morgan fingerprint density at radius 2 is 1.83 bits per heavy atom. The van der Waals surface area contributed by atoms with Crippen molar-refractivity contribution in [2.45, 2.75) is 53.0 Å². The van der Waals surface area contributed by atoms with Crippen LogP contribution in [0.25, 0.3) is 0 Å². The second kappa shape index (κ2) is 8.78. The summed E-state index contributed by atoms with van der Waals surface area (Å²) in [6, 6.07) is -0.216. The maximum absolute atomic E-state index is 12.3. The molecule has 0 rings (SSSR count). The Balaban J connectivity index is 4.73. The average Bonchev–Trinajstić information content (AvgIpc) is 2.35. The molecule has 0 saturated heterocycles. The van der Waals surface area contributed by atoms with Crippen LogP contribution < -0.4 is 0 Å². The molecule has 1 N–H and O–H groups in total. The summed E-state index contributed by atoms with van der Waals surface area (Å²) in [6.45, 7) is 8.91. The number of amides is 2. The number of carbonyl (C=O) groups excluding carboxylic acids is 1. The van der Waals surface area contributed by atoms with Gasteiger partial charge in [-0.15, -0.1) is 0 Å². The number of urea groups is 1. The highest BCUT2D eigenvalue weighted by Crippen LogP contribution is 2.09. The number of unbranched alkanes of at least 4 members (excludes halogenated alkanes) is 1. The molecule has 0 aliphatic rings. The number of hydrogen-bond donors (Lipinski definition) is 1. The number of aliphatic carboxylic acids is 1. The van der Waals surface area contributed by atoms with Gasteiger partial charge in [-0.3, -0.25) is 4.79 Å². The van der Waals surface area contributed by atoms with Crippen LogP contribution in [0.15, 0.2) is 0 Å². The van der Waals surface area contributed by atoms with E-state index in [-0.39, 0.29) is 18.6 Å². The molecule has 1 unspecified atom stereocenters. The molecule has 5 nitrogen and oxygen atoms in total. The van der Waals surface area contributed by atoms with Crippen molar-refractivity contribution in [2.24, 2.45) is 0 Å². The van der Waals surface area contributed by atoms with Crippen LogP contribution in [0, 0.1) is 0 Å². The van der Waals surface area contributed by atoms with E-state index < -0.39 is 5.97 Å². The Morgan fingerprint density at radius 3 is 2.22 bits per heavy atom. The minimum absolute atomic E-state index is 0.0516. The van der Waals surface area contributed by atoms with Crippen LogP contribution >= 0.6 is 0 Å². The van der Waals surface area contributed by atoms with E-state index in [2.05, 4.69) is 6.92 Å². The summed E-state index contributed by atoms with van der Waals surface area (Å²) >= 11 is 0. The van der Waals surface area contributed by atoms with Crippen LogP contribution in [0.3, 0.4) is 0 Å². The monoisotopic (exact) mass is 258 g/mol. The molecule has 5 heteroatoms. The largest absolute Gasteiger partial charge is 0.480 e. The van der Waals surface area contributed by atoms with Crippen LogP contribution in [0.5, 0.6) is 0 Å². The third kappa shape index (κ3) is 5.38. The molecular weight excluding hydrogens is 232 g/mol. The third-order valence-corrected chi connectivity index (χ3v) is 3.11. The lowest BCUT2D eigenvalue weighted by Crippen LogP contribution is -2.49. The zero-order chi connectivity index (χ0) is 14.1. The molecule has 0 aromatic rings. The Hall–Kier alpha value is -1.26. The molecule has 0 spiro atoms. The summed E-state index contributed by atoms with van der Waals surface area (Å²) in [6.07, 6.45) is 2.72. The van der Waals surface area contributed by atoms with Crippen LogP contribution in [-0.4, -0.2) is 52.6 Å². The van der Waals surface area contributed by atoms with Gasteiger partial charge < -0.3 is 14.9 Å². The molecule has 0 heterocycles.